The van der Waals surface area contributed by atoms with Crippen LogP contribution in [0.5, 0.6) is 0 Å². The van der Waals surface area contributed by atoms with Crippen LogP contribution in [0.1, 0.15) is 13.3 Å². The molecule has 0 aliphatic rings. The standard InChI is InChI=1S/C7H15O3S/c1-4-10-6-5-7(2)11(3,8)9/h7H,2,4-6H2,1,3H3. The van der Waals surface area contributed by atoms with Gasteiger partial charge in [-0.05, 0) is 20.3 Å². The van der Waals surface area contributed by atoms with Gasteiger partial charge in [-0.2, -0.15) is 0 Å². The predicted molar refractivity (Wildman–Crippen MR) is 45.1 cm³/mol. The summed E-state index contributed by atoms with van der Waals surface area (Å²) in [5.74, 6) is 0. The number of rotatable bonds is 5. The van der Waals surface area contributed by atoms with Crippen LogP contribution in [0.4, 0.5) is 0 Å². The van der Waals surface area contributed by atoms with Gasteiger partial charge >= 0.3 is 0 Å². The van der Waals surface area contributed by atoms with E-state index in [1.807, 2.05) is 6.92 Å². The molecule has 0 fully saturated rings. The Morgan fingerprint density at radius 2 is 2.09 bits per heavy atom. The van der Waals surface area contributed by atoms with Crippen LogP contribution in [0.3, 0.4) is 0 Å². The molecule has 0 heterocycles. The van der Waals surface area contributed by atoms with E-state index in [2.05, 4.69) is 6.92 Å². The van der Waals surface area contributed by atoms with Gasteiger partial charge in [-0.1, -0.05) is 0 Å². The highest BCUT2D eigenvalue weighted by Gasteiger charge is 2.13. The van der Waals surface area contributed by atoms with E-state index in [1.165, 1.54) is 6.26 Å². The second-order valence-electron chi connectivity index (χ2n) is 2.44. The lowest BCUT2D eigenvalue weighted by molar-refractivity contribution is 0.146. The van der Waals surface area contributed by atoms with Crippen LogP contribution in [0.15, 0.2) is 0 Å². The van der Waals surface area contributed by atoms with Crippen molar-refractivity contribution in [2.24, 2.45) is 0 Å². The zero-order valence-electron chi connectivity index (χ0n) is 7.04. The molecule has 1 atom stereocenters. The van der Waals surface area contributed by atoms with E-state index in [0.29, 0.717) is 19.6 Å². The van der Waals surface area contributed by atoms with Crippen LogP contribution in [-0.4, -0.2) is 33.1 Å². The third-order valence-electron chi connectivity index (χ3n) is 1.39. The lowest BCUT2D eigenvalue weighted by Gasteiger charge is -2.07. The lowest BCUT2D eigenvalue weighted by Crippen LogP contribution is -2.18. The molecular weight excluding hydrogens is 164 g/mol. The van der Waals surface area contributed by atoms with Crippen LogP contribution in [0, 0.1) is 6.92 Å². The summed E-state index contributed by atoms with van der Waals surface area (Å²) in [6.07, 6.45) is 1.67. The maximum atomic E-state index is 10.8. The summed E-state index contributed by atoms with van der Waals surface area (Å²) in [6, 6.07) is 0. The summed E-state index contributed by atoms with van der Waals surface area (Å²) in [5, 5.41) is -0.533. The Morgan fingerprint density at radius 1 is 1.55 bits per heavy atom. The van der Waals surface area contributed by atoms with Crippen molar-refractivity contribution in [2.45, 2.75) is 18.6 Å². The average Bonchev–Trinajstić information content (AvgIpc) is 1.86. The van der Waals surface area contributed by atoms with E-state index in [4.69, 9.17) is 4.74 Å². The zero-order chi connectivity index (χ0) is 8.91. The zero-order valence-corrected chi connectivity index (χ0v) is 7.86. The summed E-state index contributed by atoms with van der Waals surface area (Å²) in [7, 11) is -2.97. The number of hydrogen-bond donors (Lipinski definition) is 0. The van der Waals surface area contributed by atoms with E-state index in [1.54, 1.807) is 0 Å². The molecular formula is C7H15O3S. The minimum absolute atomic E-state index is 0.470. The lowest BCUT2D eigenvalue weighted by atomic mass is 10.3. The predicted octanol–water partition coefficient (Wildman–Crippen LogP) is 0.660. The highest BCUT2D eigenvalue weighted by molar-refractivity contribution is 7.91. The average molecular weight is 179 g/mol. The fraction of sp³-hybridized carbons (Fsp3) is 0.857. The molecule has 0 aromatic rings. The van der Waals surface area contributed by atoms with Gasteiger partial charge in [0.15, 0.2) is 0 Å². The van der Waals surface area contributed by atoms with Crippen molar-refractivity contribution in [3.8, 4) is 0 Å². The fourth-order valence-corrected chi connectivity index (χ4v) is 1.10. The van der Waals surface area contributed by atoms with Crippen LogP contribution in [0.2, 0.25) is 0 Å². The SMILES string of the molecule is [CH2]C(CCOCC)S(C)(=O)=O. The van der Waals surface area contributed by atoms with Crippen molar-refractivity contribution in [3.05, 3.63) is 6.92 Å². The normalized spacial score (nSPS) is 14.8. The topological polar surface area (TPSA) is 43.4 Å². The maximum absolute atomic E-state index is 10.8. The summed E-state index contributed by atoms with van der Waals surface area (Å²) < 4.78 is 26.6. The minimum Gasteiger partial charge on any atom is -0.382 e. The molecule has 0 amide bonds. The summed E-state index contributed by atoms with van der Waals surface area (Å²) in [5.41, 5.74) is 0. The molecule has 0 aromatic heterocycles. The van der Waals surface area contributed by atoms with E-state index >= 15 is 0 Å². The number of hydrogen-bond acceptors (Lipinski definition) is 3. The monoisotopic (exact) mass is 179 g/mol. The van der Waals surface area contributed by atoms with Crippen molar-refractivity contribution in [1.29, 1.82) is 0 Å². The number of sulfone groups is 1. The van der Waals surface area contributed by atoms with Crippen LogP contribution in [0.25, 0.3) is 0 Å². The molecule has 0 aliphatic heterocycles. The van der Waals surface area contributed by atoms with Crippen molar-refractivity contribution in [1.82, 2.24) is 0 Å². The van der Waals surface area contributed by atoms with Gasteiger partial charge in [0.2, 0.25) is 0 Å². The van der Waals surface area contributed by atoms with Gasteiger partial charge in [0.25, 0.3) is 0 Å². The maximum Gasteiger partial charge on any atom is 0.150 e. The molecule has 0 rings (SSSR count). The van der Waals surface area contributed by atoms with Gasteiger partial charge in [-0.3, -0.25) is 0 Å². The molecule has 0 bridgehead atoms. The van der Waals surface area contributed by atoms with Gasteiger partial charge < -0.3 is 4.74 Å². The molecule has 0 saturated heterocycles. The third-order valence-corrected chi connectivity index (χ3v) is 2.84. The minimum atomic E-state index is -2.97. The first-order valence-electron chi connectivity index (χ1n) is 3.58. The number of ether oxygens (including phenoxy) is 1. The van der Waals surface area contributed by atoms with Gasteiger partial charge in [-0.15, -0.1) is 0 Å². The third kappa shape index (κ3) is 5.21. The van der Waals surface area contributed by atoms with Crippen LogP contribution < -0.4 is 0 Å². The van der Waals surface area contributed by atoms with Crippen molar-refractivity contribution < 1.29 is 13.2 Å². The Hall–Kier alpha value is -0.0900. The van der Waals surface area contributed by atoms with E-state index in [-0.39, 0.29) is 0 Å². The quantitative estimate of drug-likeness (QED) is 0.582. The fourth-order valence-electron chi connectivity index (χ4n) is 0.573. The highest BCUT2D eigenvalue weighted by atomic mass is 32.2. The van der Waals surface area contributed by atoms with Crippen LogP contribution >= 0.6 is 0 Å². The Kier molecular flexibility index (Phi) is 4.68. The summed E-state index contributed by atoms with van der Waals surface area (Å²) >= 11 is 0. The second-order valence-corrected chi connectivity index (χ2v) is 4.76. The van der Waals surface area contributed by atoms with E-state index in [9.17, 15) is 8.42 Å². The molecule has 0 saturated carbocycles. The first-order valence-corrected chi connectivity index (χ1v) is 5.53. The molecule has 0 spiro atoms. The molecule has 1 radical (unpaired) electrons. The first-order chi connectivity index (χ1) is 4.98. The Balaban J connectivity index is 3.62. The van der Waals surface area contributed by atoms with Gasteiger partial charge in [0.05, 0.1) is 5.25 Å². The summed E-state index contributed by atoms with van der Waals surface area (Å²) in [6.45, 7) is 6.48. The molecule has 0 aromatic carbocycles. The highest BCUT2D eigenvalue weighted by Crippen LogP contribution is 2.02. The molecule has 3 nitrogen and oxygen atoms in total. The van der Waals surface area contributed by atoms with Gasteiger partial charge in [0, 0.05) is 19.5 Å². The Bertz CT molecular complexity index is 184. The molecule has 0 aliphatic carbocycles. The van der Waals surface area contributed by atoms with Crippen molar-refractivity contribution >= 4 is 9.84 Å². The van der Waals surface area contributed by atoms with E-state index in [0.717, 1.165) is 0 Å². The first kappa shape index (κ1) is 10.9. The van der Waals surface area contributed by atoms with Gasteiger partial charge in [0.1, 0.15) is 9.84 Å². The smallest absolute Gasteiger partial charge is 0.150 e. The van der Waals surface area contributed by atoms with Crippen LogP contribution in [-0.2, 0) is 14.6 Å². The molecule has 1 unspecified atom stereocenters. The van der Waals surface area contributed by atoms with Gasteiger partial charge in [-0.25, -0.2) is 8.42 Å². The largest absolute Gasteiger partial charge is 0.382 e. The second kappa shape index (κ2) is 4.72. The molecule has 11 heavy (non-hydrogen) atoms. The summed E-state index contributed by atoms with van der Waals surface area (Å²) in [4.78, 5) is 0. The Labute approximate surface area is 68.7 Å². The van der Waals surface area contributed by atoms with Crippen molar-refractivity contribution in [2.75, 3.05) is 19.5 Å². The van der Waals surface area contributed by atoms with E-state index < -0.39 is 15.1 Å². The molecule has 0 N–H and O–H groups in total. The molecule has 67 valence electrons. The Morgan fingerprint density at radius 3 is 2.45 bits per heavy atom. The molecule has 4 heteroatoms. The van der Waals surface area contributed by atoms with Crippen molar-refractivity contribution in [3.63, 3.8) is 0 Å².